The lowest BCUT2D eigenvalue weighted by molar-refractivity contribution is -0.131. The second-order valence-corrected chi connectivity index (χ2v) is 5.21. The average Bonchev–Trinajstić information content (AvgIpc) is 2.49. The SMILES string of the molecule is CCN(C)C(=O)COc1cc(OC)ccc1CNC(C)C. The van der Waals surface area contributed by atoms with Crippen molar-refractivity contribution in [1.82, 2.24) is 10.2 Å². The molecule has 21 heavy (non-hydrogen) atoms. The van der Waals surface area contributed by atoms with Gasteiger partial charge in [0, 0.05) is 37.8 Å². The fraction of sp³-hybridized carbons (Fsp3) is 0.562. The first-order valence-corrected chi connectivity index (χ1v) is 7.25. The van der Waals surface area contributed by atoms with Crippen LogP contribution in [-0.2, 0) is 11.3 Å². The largest absolute Gasteiger partial charge is 0.497 e. The number of benzene rings is 1. The van der Waals surface area contributed by atoms with Gasteiger partial charge < -0.3 is 19.7 Å². The molecule has 0 saturated carbocycles. The minimum absolute atomic E-state index is 0.0339. The van der Waals surface area contributed by atoms with E-state index in [0.29, 0.717) is 24.9 Å². The maximum absolute atomic E-state index is 11.8. The van der Waals surface area contributed by atoms with Crippen molar-refractivity contribution in [3.63, 3.8) is 0 Å². The third kappa shape index (κ3) is 5.63. The Morgan fingerprint density at radius 3 is 2.67 bits per heavy atom. The third-order valence-electron chi connectivity index (χ3n) is 3.23. The molecular formula is C16H26N2O3. The zero-order chi connectivity index (χ0) is 15.8. The molecule has 0 aliphatic heterocycles. The lowest BCUT2D eigenvalue weighted by atomic mass is 10.2. The maximum Gasteiger partial charge on any atom is 0.260 e. The first-order chi connectivity index (χ1) is 9.97. The maximum atomic E-state index is 11.8. The molecule has 1 aromatic rings. The van der Waals surface area contributed by atoms with E-state index < -0.39 is 0 Å². The van der Waals surface area contributed by atoms with E-state index in [-0.39, 0.29) is 12.5 Å². The summed E-state index contributed by atoms with van der Waals surface area (Å²) < 4.78 is 10.9. The smallest absolute Gasteiger partial charge is 0.260 e. The van der Waals surface area contributed by atoms with Gasteiger partial charge >= 0.3 is 0 Å². The van der Waals surface area contributed by atoms with Gasteiger partial charge in [0.25, 0.3) is 5.91 Å². The molecule has 0 fully saturated rings. The normalized spacial score (nSPS) is 10.6. The van der Waals surface area contributed by atoms with Gasteiger partial charge in [-0.15, -0.1) is 0 Å². The predicted molar refractivity (Wildman–Crippen MR) is 83.8 cm³/mol. The Kier molecular flexibility index (Phi) is 7.02. The van der Waals surface area contributed by atoms with E-state index in [4.69, 9.17) is 9.47 Å². The van der Waals surface area contributed by atoms with Crippen molar-refractivity contribution in [2.75, 3.05) is 27.3 Å². The molecule has 1 amide bonds. The van der Waals surface area contributed by atoms with Crippen molar-refractivity contribution in [3.05, 3.63) is 23.8 Å². The molecule has 5 heteroatoms. The molecule has 0 bridgehead atoms. The third-order valence-corrected chi connectivity index (χ3v) is 3.23. The number of methoxy groups -OCH3 is 1. The van der Waals surface area contributed by atoms with Gasteiger partial charge in [0.15, 0.2) is 6.61 Å². The summed E-state index contributed by atoms with van der Waals surface area (Å²) in [6.07, 6.45) is 0. The monoisotopic (exact) mass is 294 g/mol. The molecule has 118 valence electrons. The second kappa shape index (κ2) is 8.52. The van der Waals surface area contributed by atoms with Gasteiger partial charge in [0.05, 0.1) is 7.11 Å². The van der Waals surface area contributed by atoms with E-state index in [9.17, 15) is 4.79 Å². The van der Waals surface area contributed by atoms with Crippen LogP contribution in [0, 0.1) is 0 Å². The van der Waals surface area contributed by atoms with Crippen LogP contribution in [0.5, 0.6) is 11.5 Å². The number of likely N-dealkylation sites (N-methyl/N-ethyl adjacent to an activating group) is 1. The number of carbonyl (C=O) groups is 1. The van der Waals surface area contributed by atoms with Crippen LogP contribution in [0.25, 0.3) is 0 Å². The summed E-state index contributed by atoms with van der Waals surface area (Å²) >= 11 is 0. The van der Waals surface area contributed by atoms with E-state index >= 15 is 0 Å². The van der Waals surface area contributed by atoms with Gasteiger partial charge in [0.1, 0.15) is 11.5 Å². The van der Waals surface area contributed by atoms with Crippen LogP contribution in [0.15, 0.2) is 18.2 Å². The average molecular weight is 294 g/mol. The Morgan fingerprint density at radius 2 is 2.10 bits per heavy atom. The van der Waals surface area contributed by atoms with Crippen molar-refractivity contribution < 1.29 is 14.3 Å². The number of amides is 1. The summed E-state index contributed by atoms with van der Waals surface area (Å²) in [7, 11) is 3.37. The molecule has 1 N–H and O–H groups in total. The Morgan fingerprint density at radius 1 is 1.38 bits per heavy atom. The molecule has 0 unspecified atom stereocenters. The van der Waals surface area contributed by atoms with Crippen LogP contribution < -0.4 is 14.8 Å². The van der Waals surface area contributed by atoms with E-state index in [1.165, 1.54) is 0 Å². The lowest BCUT2D eigenvalue weighted by Gasteiger charge is -2.17. The fourth-order valence-corrected chi connectivity index (χ4v) is 1.68. The van der Waals surface area contributed by atoms with Crippen LogP contribution >= 0.6 is 0 Å². The Balaban J connectivity index is 2.78. The van der Waals surface area contributed by atoms with Gasteiger partial charge in [0.2, 0.25) is 0 Å². The minimum atomic E-state index is -0.0388. The second-order valence-electron chi connectivity index (χ2n) is 5.21. The van der Waals surface area contributed by atoms with Crippen molar-refractivity contribution in [3.8, 4) is 11.5 Å². The highest BCUT2D eigenvalue weighted by Crippen LogP contribution is 2.25. The quantitative estimate of drug-likeness (QED) is 0.797. The summed E-state index contributed by atoms with van der Waals surface area (Å²) in [6, 6.07) is 6.05. The summed E-state index contributed by atoms with van der Waals surface area (Å²) in [5, 5.41) is 3.35. The van der Waals surface area contributed by atoms with Crippen molar-refractivity contribution in [2.45, 2.75) is 33.4 Å². The van der Waals surface area contributed by atoms with Gasteiger partial charge in [-0.25, -0.2) is 0 Å². The predicted octanol–water partition coefficient (Wildman–Crippen LogP) is 2.05. The molecule has 0 radical (unpaired) electrons. The van der Waals surface area contributed by atoms with Gasteiger partial charge in [-0.05, 0) is 13.0 Å². The number of nitrogens with one attached hydrogen (secondary N) is 1. The highest BCUT2D eigenvalue weighted by atomic mass is 16.5. The van der Waals surface area contributed by atoms with Crippen molar-refractivity contribution in [2.24, 2.45) is 0 Å². The molecule has 0 aromatic heterocycles. The number of carbonyl (C=O) groups excluding carboxylic acids is 1. The van der Waals surface area contributed by atoms with Crippen molar-refractivity contribution >= 4 is 5.91 Å². The molecule has 1 rings (SSSR count). The van der Waals surface area contributed by atoms with Crippen molar-refractivity contribution in [1.29, 1.82) is 0 Å². The molecule has 0 aliphatic carbocycles. The van der Waals surface area contributed by atoms with Crippen LogP contribution in [0.2, 0.25) is 0 Å². The molecule has 0 aliphatic rings. The summed E-state index contributed by atoms with van der Waals surface area (Å²) in [6.45, 7) is 7.50. The lowest BCUT2D eigenvalue weighted by Crippen LogP contribution is -2.31. The number of hydrogen-bond acceptors (Lipinski definition) is 4. The highest BCUT2D eigenvalue weighted by molar-refractivity contribution is 5.77. The number of rotatable bonds is 8. The zero-order valence-corrected chi connectivity index (χ0v) is 13.6. The topological polar surface area (TPSA) is 50.8 Å². The van der Waals surface area contributed by atoms with E-state index in [1.807, 2.05) is 25.1 Å². The molecule has 5 nitrogen and oxygen atoms in total. The standard InChI is InChI=1S/C16H26N2O3/c1-6-18(4)16(19)11-21-15-9-14(20-5)8-7-13(15)10-17-12(2)3/h7-9,12,17H,6,10-11H2,1-5H3. The van der Waals surface area contributed by atoms with Crippen LogP contribution in [-0.4, -0.2) is 44.2 Å². The Labute approximate surface area is 127 Å². The molecule has 1 aromatic carbocycles. The van der Waals surface area contributed by atoms with Gasteiger partial charge in [-0.3, -0.25) is 4.79 Å². The van der Waals surface area contributed by atoms with Gasteiger partial charge in [-0.1, -0.05) is 19.9 Å². The van der Waals surface area contributed by atoms with Crippen LogP contribution in [0.3, 0.4) is 0 Å². The highest BCUT2D eigenvalue weighted by Gasteiger charge is 2.11. The number of ether oxygens (including phenoxy) is 2. The minimum Gasteiger partial charge on any atom is -0.497 e. The summed E-state index contributed by atoms with van der Waals surface area (Å²) in [5.41, 5.74) is 1.01. The Hall–Kier alpha value is -1.75. The first kappa shape index (κ1) is 17.3. The molecule has 0 spiro atoms. The molecular weight excluding hydrogens is 268 g/mol. The molecule has 0 atom stereocenters. The zero-order valence-electron chi connectivity index (χ0n) is 13.6. The molecule has 0 saturated heterocycles. The number of nitrogens with zero attached hydrogens (tertiary/aromatic N) is 1. The Bertz CT molecular complexity index is 461. The van der Waals surface area contributed by atoms with Gasteiger partial charge in [-0.2, -0.15) is 0 Å². The fourth-order valence-electron chi connectivity index (χ4n) is 1.68. The molecule has 0 heterocycles. The summed E-state index contributed by atoms with van der Waals surface area (Å²) in [5.74, 6) is 1.36. The van der Waals surface area contributed by atoms with E-state index in [1.54, 1.807) is 19.1 Å². The van der Waals surface area contributed by atoms with E-state index in [0.717, 1.165) is 11.3 Å². The summed E-state index contributed by atoms with van der Waals surface area (Å²) in [4.78, 5) is 13.5. The first-order valence-electron chi connectivity index (χ1n) is 7.25. The number of hydrogen-bond donors (Lipinski definition) is 1. The van der Waals surface area contributed by atoms with Crippen LogP contribution in [0.4, 0.5) is 0 Å². The van der Waals surface area contributed by atoms with Crippen LogP contribution in [0.1, 0.15) is 26.3 Å². The van der Waals surface area contributed by atoms with E-state index in [2.05, 4.69) is 19.2 Å².